The zero-order chi connectivity index (χ0) is 20.3. The molecule has 1 fully saturated rings. The molecular formula is C19H17Cl2N3O3S. The fraction of sp³-hybridized carbons (Fsp3) is 0.211. The Bertz CT molecular complexity index is 1050. The molecule has 3 rings (SSSR count). The summed E-state index contributed by atoms with van der Waals surface area (Å²) in [6, 6.07) is 13.1. The lowest BCUT2D eigenvalue weighted by Gasteiger charge is -2.17. The van der Waals surface area contributed by atoms with Crippen LogP contribution in [-0.4, -0.2) is 22.1 Å². The zero-order valence-corrected chi connectivity index (χ0v) is 17.1. The number of nitriles is 1. The summed E-state index contributed by atoms with van der Waals surface area (Å²) in [6.45, 7) is 0.459. The first kappa shape index (κ1) is 20.6. The molecule has 1 aliphatic rings. The summed E-state index contributed by atoms with van der Waals surface area (Å²) < 4.78 is 31.1. The highest BCUT2D eigenvalue weighted by molar-refractivity contribution is 7.95. The van der Waals surface area contributed by atoms with E-state index in [0.29, 0.717) is 6.54 Å². The van der Waals surface area contributed by atoms with E-state index in [-0.39, 0.29) is 31.8 Å². The second-order valence-corrected chi connectivity index (χ2v) is 8.89. The maximum absolute atomic E-state index is 13.0. The highest BCUT2D eigenvalue weighted by atomic mass is 35.5. The van der Waals surface area contributed by atoms with Crippen LogP contribution in [0.15, 0.2) is 58.3 Å². The summed E-state index contributed by atoms with van der Waals surface area (Å²) in [5, 5.41) is 9.77. The van der Waals surface area contributed by atoms with Gasteiger partial charge < -0.3 is 4.74 Å². The predicted molar refractivity (Wildman–Crippen MR) is 108 cm³/mol. The topological polar surface area (TPSA) is 91.2 Å². The van der Waals surface area contributed by atoms with Crippen molar-refractivity contribution in [3.63, 3.8) is 0 Å². The number of hydrazine groups is 1. The van der Waals surface area contributed by atoms with Crippen molar-refractivity contribution in [2.75, 3.05) is 13.7 Å². The number of ether oxygens (including phenoxy) is 1. The first-order chi connectivity index (χ1) is 13.4. The van der Waals surface area contributed by atoms with E-state index in [9.17, 15) is 13.7 Å². The second-order valence-electron chi connectivity index (χ2n) is 6.16. The van der Waals surface area contributed by atoms with Crippen LogP contribution in [0.25, 0.3) is 0 Å². The molecule has 6 nitrogen and oxygen atoms in total. The number of nitrogens with one attached hydrogen (secondary N) is 2. The quantitative estimate of drug-likeness (QED) is 0.693. The fourth-order valence-electron chi connectivity index (χ4n) is 2.99. The van der Waals surface area contributed by atoms with Gasteiger partial charge in [-0.1, -0.05) is 35.3 Å². The Balaban J connectivity index is 1.96. The van der Waals surface area contributed by atoms with Crippen LogP contribution >= 0.6 is 23.2 Å². The van der Waals surface area contributed by atoms with Gasteiger partial charge in [-0.3, -0.25) is 5.43 Å². The maximum atomic E-state index is 13.0. The number of nitrogens with zero attached hydrogens (tertiary/aromatic N) is 1. The van der Waals surface area contributed by atoms with Gasteiger partial charge in [0.2, 0.25) is 9.84 Å². The third-order valence-electron chi connectivity index (χ3n) is 4.45. The van der Waals surface area contributed by atoms with E-state index in [1.54, 1.807) is 13.2 Å². The van der Waals surface area contributed by atoms with Gasteiger partial charge in [-0.2, -0.15) is 5.26 Å². The second kappa shape index (κ2) is 8.52. The van der Waals surface area contributed by atoms with E-state index in [1.807, 2.05) is 24.3 Å². The molecule has 146 valence electrons. The molecule has 0 radical (unpaired) electrons. The molecule has 1 heterocycles. The van der Waals surface area contributed by atoms with Gasteiger partial charge in [-0.15, -0.1) is 0 Å². The maximum Gasteiger partial charge on any atom is 0.217 e. The Kier molecular flexibility index (Phi) is 6.28. The SMILES string of the molecule is COc1ccc(C2NNCC2/C=C(\C#N)S(=O)(=O)c2cc(Cl)ccc2Cl)cc1. The lowest BCUT2D eigenvalue weighted by molar-refractivity contribution is 0.414. The van der Waals surface area contributed by atoms with Crippen molar-refractivity contribution in [1.82, 2.24) is 10.9 Å². The largest absolute Gasteiger partial charge is 0.497 e. The minimum Gasteiger partial charge on any atom is -0.497 e. The zero-order valence-electron chi connectivity index (χ0n) is 14.8. The van der Waals surface area contributed by atoms with E-state index in [1.165, 1.54) is 24.3 Å². The molecular weight excluding hydrogens is 421 g/mol. The predicted octanol–water partition coefficient (Wildman–Crippen LogP) is 3.65. The van der Waals surface area contributed by atoms with Gasteiger partial charge in [0.05, 0.1) is 23.1 Å². The van der Waals surface area contributed by atoms with Crippen molar-refractivity contribution in [2.24, 2.45) is 5.92 Å². The minimum absolute atomic E-state index is 0.0138. The molecule has 1 saturated heterocycles. The molecule has 2 atom stereocenters. The smallest absolute Gasteiger partial charge is 0.217 e. The molecule has 1 aliphatic heterocycles. The van der Waals surface area contributed by atoms with Gasteiger partial charge in [0.1, 0.15) is 16.7 Å². The van der Waals surface area contributed by atoms with Crippen molar-refractivity contribution in [2.45, 2.75) is 10.9 Å². The van der Waals surface area contributed by atoms with Gasteiger partial charge in [0.15, 0.2) is 0 Å². The summed E-state index contributed by atoms with van der Waals surface area (Å²) in [6.07, 6.45) is 1.45. The number of allylic oxidation sites excluding steroid dienone is 1. The third-order valence-corrected chi connectivity index (χ3v) is 6.85. The van der Waals surface area contributed by atoms with Gasteiger partial charge in [-0.25, -0.2) is 13.8 Å². The summed E-state index contributed by atoms with van der Waals surface area (Å²) in [5.74, 6) is 0.452. The fourth-order valence-corrected chi connectivity index (χ4v) is 4.97. The highest BCUT2D eigenvalue weighted by Crippen LogP contribution is 2.33. The number of methoxy groups -OCH3 is 1. The minimum atomic E-state index is -4.10. The van der Waals surface area contributed by atoms with E-state index in [0.717, 1.165) is 11.3 Å². The van der Waals surface area contributed by atoms with Crippen LogP contribution in [0.3, 0.4) is 0 Å². The van der Waals surface area contributed by atoms with Crippen LogP contribution in [0.2, 0.25) is 10.0 Å². The van der Waals surface area contributed by atoms with E-state index in [2.05, 4.69) is 10.9 Å². The molecule has 9 heteroatoms. The molecule has 0 bridgehead atoms. The van der Waals surface area contributed by atoms with Gasteiger partial charge in [0.25, 0.3) is 0 Å². The molecule has 0 saturated carbocycles. The molecule has 0 aromatic heterocycles. The van der Waals surface area contributed by atoms with Crippen LogP contribution < -0.4 is 15.6 Å². The Morgan fingerprint density at radius 1 is 1.25 bits per heavy atom. The summed E-state index contributed by atoms with van der Waals surface area (Å²) in [7, 11) is -2.52. The summed E-state index contributed by atoms with van der Waals surface area (Å²) in [4.78, 5) is -0.556. The van der Waals surface area contributed by atoms with Crippen molar-refractivity contribution >= 4 is 33.0 Å². The van der Waals surface area contributed by atoms with Crippen LogP contribution in [0.4, 0.5) is 0 Å². The lowest BCUT2D eigenvalue weighted by atomic mass is 9.94. The Morgan fingerprint density at radius 2 is 1.96 bits per heavy atom. The van der Waals surface area contributed by atoms with Crippen LogP contribution in [0, 0.1) is 17.2 Å². The van der Waals surface area contributed by atoms with Crippen LogP contribution in [0.1, 0.15) is 11.6 Å². The van der Waals surface area contributed by atoms with Crippen molar-refractivity contribution < 1.29 is 13.2 Å². The molecule has 0 spiro atoms. The molecule has 2 aromatic carbocycles. The highest BCUT2D eigenvalue weighted by Gasteiger charge is 2.31. The Hall–Kier alpha value is -2.08. The number of hydrogen-bond donors (Lipinski definition) is 2. The van der Waals surface area contributed by atoms with E-state index >= 15 is 0 Å². The summed E-state index contributed by atoms with van der Waals surface area (Å²) >= 11 is 12.0. The normalized spacial score (nSPS) is 20.0. The van der Waals surface area contributed by atoms with E-state index < -0.39 is 9.84 Å². The number of benzene rings is 2. The molecule has 2 N–H and O–H groups in total. The number of hydrogen-bond acceptors (Lipinski definition) is 6. The van der Waals surface area contributed by atoms with Crippen molar-refractivity contribution in [1.29, 1.82) is 5.26 Å². The van der Waals surface area contributed by atoms with Gasteiger partial charge in [0, 0.05) is 17.5 Å². The molecule has 28 heavy (non-hydrogen) atoms. The molecule has 2 unspecified atom stereocenters. The molecule has 2 aromatic rings. The van der Waals surface area contributed by atoms with Gasteiger partial charge >= 0.3 is 0 Å². The first-order valence-electron chi connectivity index (χ1n) is 8.31. The molecule has 0 amide bonds. The average molecular weight is 438 g/mol. The van der Waals surface area contributed by atoms with E-state index in [4.69, 9.17) is 27.9 Å². The number of rotatable bonds is 5. The van der Waals surface area contributed by atoms with Gasteiger partial charge in [-0.05, 0) is 42.0 Å². The lowest BCUT2D eigenvalue weighted by Crippen LogP contribution is -2.24. The summed E-state index contributed by atoms with van der Waals surface area (Å²) in [5.41, 5.74) is 7.06. The standard InChI is InChI=1S/C19H17Cl2N3O3S/c1-27-15-5-2-12(3-6-15)19-13(11-23-24-19)8-16(10-22)28(25,26)18-9-14(20)4-7-17(18)21/h2-9,13,19,23-24H,11H2,1H3/b16-8+. The average Bonchev–Trinajstić information content (AvgIpc) is 3.16. The van der Waals surface area contributed by atoms with Crippen LogP contribution in [0.5, 0.6) is 5.75 Å². The molecule has 0 aliphatic carbocycles. The van der Waals surface area contributed by atoms with Crippen molar-refractivity contribution in [3.8, 4) is 11.8 Å². The third kappa shape index (κ3) is 4.17. The number of sulfone groups is 1. The first-order valence-corrected chi connectivity index (χ1v) is 10.5. The van der Waals surface area contributed by atoms with Crippen molar-refractivity contribution in [3.05, 3.63) is 69.1 Å². The monoisotopic (exact) mass is 437 g/mol. The number of halogens is 2. The van der Waals surface area contributed by atoms with Crippen LogP contribution in [-0.2, 0) is 9.84 Å². The Labute approximate surface area is 173 Å². The Morgan fingerprint density at radius 3 is 2.61 bits per heavy atom.